The zero-order valence-corrected chi connectivity index (χ0v) is 21.4. The summed E-state index contributed by atoms with van der Waals surface area (Å²) in [6.45, 7) is 0. The van der Waals surface area contributed by atoms with Gasteiger partial charge < -0.3 is 0 Å². The average molecular weight is 493 g/mol. The largest absolute Gasteiger partial charge is 0.0725 e. The highest BCUT2D eigenvalue weighted by molar-refractivity contribution is 6.05. The lowest BCUT2D eigenvalue weighted by Gasteiger charge is -2.43. The van der Waals surface area contributed by atoms with Crippen molar-refractivity contribution in [2.45, 2.75) is 5.41 Å². The van der Waals surface area contributed by atoms with Crippen LogP contribution in [0.1, 0.15) is 22.3 Å². The first-order valence-electron chi connectivity index (χ1n) is 13.7. The van der Waals surface area contributed by atoms with Gasteiger partial charge in [-0.2, -0.15) is 0 Å². The van der Waals surface area contributed by atoms with Gasteiger partial charge in [0.2, 0.25) is 0 Å². The summed E-state index contributed by atoms with van der Waals surface area (Å²) in [5.41, 5.74) is 13.2. The predicted octanol–water partition coefficient (Wildman–Crippen LogP) is 10.0. The molecule has 0 aliphatic heterocycles. The van der Waals surface area contributed by atoms with Crippen molar-refractivity contribution in [3.8, 4) is 33.4 Å². The lowest BCUT2D eigenvalue weighted by atomic mass is 9.58. The lowest BCUT2D eigenvalue weighted by molar-refractivity contribution is 0.745. The summed E-state index contributed by atoms with van der Waals surface area (Å²) in [6.07, 6.45) is 0. The van der Waals surface area contributed by atoms with Crippen LogP contribution in [0.2, 0.25) is 0 Å². The number of fused-ring (bicyclic) bond motifs is 8. The van der Waals surface area contributed by atoms with E-state index in [0.717, 1.165) is 0 Å². The Morgan fingerprint density at radius 2 is 0.923 bits per heavy atom. The third kappa shape index (κ3) is 2.63. The van der Waals surface area contributed by atoms with E-state index in [2.05, 4.69) is 146 Å². The first-order chi connectivity index (χ1) is 19.3. The van der Waals surface area contributed by atoms with Gasteiger partial charge in [-0.15, -0.1) is 0 Å². The minimum Gasteiger partial charge on any atom is -0.0619 e. The van der Waals surface area contributed by atoms with Crippen molar-refractivity contribution in [1.29, 1.82) is 0 Å². The number of rotatable bonds is 2. The van der Waals surface area contributed by atoms with Gasteiger partial charge in [0.25, 0.3) is 0 Å². The van der Waals surface area contributed by atoms with Crippen LogP contribution in [0.4, 0.5) is 0 Å². The molecule has 2 aliphatic carbocycles. The van der Waals surface area contributed by atoms with Gasteiger partial charge in [0.1, 0.15) is 0 Å². The van der Waals surface area contributed by atoms with Gasteiger partial charge in [0, 0.05) is 0 Å². The fraction of sp³-hybridized carbons (Fsp3) is 0.0256. The molecular weight excluding hydrogens is 468 g/mol. The van der Waals surface area contributed by atoms with Crippen LogP contribution in [0, 0.1) is 0 Å². The monoisotopic (exact) mass is 492 g/mol. The van der Waals surface area contributed by atoms with Crippen molar-refractivity contribution in [2.75, 3.05) is 0 Å². The molecule has 0 amide bonds. The minimum atomic E-state index is -0.203. The second-order valence-corrected chi connectivity index (χ2v) is 10.9. The van der Waals surface area contributed by atoms with Crippen LogP contribution in [0.5, 0.6) is 0 Å². The van der Waals surface area contributed by atoms with Crippen molar-refractivity contribution < 1.29 is 0 Å². The molecule has 0 saturated heterocycles. The highest BCUT2D eigenvalue weighted by atomic mass is 14.5. The van der Waals surface area contributed by atoms with E-state index in [1.54, 1.807) is 0 Å². The van der Waals surface area contributed by atoms with Gasteiger partial charge in [0.15, 0.2) is 0 Å². The molecule has 0 fully saturated rings. The Kier molecular flexibility index (Phi) is 4.08. The molecule has 0 heteroatoms. The van der Waals surface area contributed by atoms with Crippen LogP contribution in [0.15, 0.2) is 146 Å². The first-order valence-corrected chi connectivity index (χ1v) is 13.7. The molecule has 0 saturated carbocycles. The van der Waals surface area contributed by atoms with Crippen molar-refractivity contribution in [3.63, 3.8) is 0 Å². The number of hydrogen-bond acceptors (Lipinski definition) is 0. The van der Waals surface area contributed by atoms with Crippen molar-refractivity contribution in [1.82, 2.24) is 0 Å². The van der Waals surface area contributed by atoms with Gasteiger partial charge in [-0.3, -0.25) is 0 Å². The standard InChI is InChI=1S/C39H24/c1-2-15-30-25(9-1)10-6-17-31(30)29-14-5-13-27(23-29)28-21-22-33-32-16-3-4-18-34(32)39(37(33)24-28)35-19-7-11-26-12-8-20-36(39)38(26)35/h1-24H. The Morgan fingerprint density at radius 1 is 0.333 bits per heavy atom. The zero-order chi connectivity index (χ0) is 25.6. The van der Waals surface area contributed by atoms with Gasteiger partial charge in [-0.05, 0) is 89.3 Å². The summed E-state index contributed by atoms with van der Waals surface area (Å²) in [4.78, 5) is 0. The molecule has 39 heavy (non-hydrogen) atoms. The van der Waals surface area contributed by atoms with Crippen LogP contribution in [0.3, 0.4) is 0 Å². The number of hydrogen-bond donors (Lipinski definition) is 0. The van der Waals surface area contributed by atoms with Gasteiger partial charge in [-0.1, -0.05) is 133 Å². The second-order valence-electron chi connectivity index (χ2n) is 10.9. The highest BCUT2D eigenvalue weighted by Crippen LogP contribution is 2.63. The molecule has 7 aromatic rings. The molecule has 0 N–H and O–H groups in total. The van der Waals surface area contributed by atoms with E-state index in [9.17, 15) is 0 Å². The topological polar surface area (TPSA) is 0 Å². The first kappa shape index (κ1) is 21.0. The summed E-state index contributed by atoms with van der Waals surface area (Å²) in [5.74, 6) is 0. The number of benzene rings is 7. The van der Waals surface area contributed by atoms with E-state index in [1.807, 2.05) is 0 Å². The molecule has 0 bridgehead atoms. The minimum absolute atomic E-state index is 0.203. The molecule has 7 aromatic carbocycles. The van der Waals surface area contributed by atoms with Crippen LogP contribution >= 0.6 is 0 Å². The van der Waals surface area contributed by atoms with E-state index >= 15 is 0 Å². The third-order valence-electron chi connectivity index (χ3n) is 9.05. The summed E-state index contributed by atoms with van der Waals surface area (Å²) in [6, 6.07) is 54.0. The van der Waals surface area contributed by atoms with Gasteiger partial charge in [0.05, 0.1) is 5.41 Å². The summed E-state index contributed by atoms with van der Waals surface area (Å²) in [5, 5.41) is 5.32. The molecule has 1 spiro atoms. The fourth-order valence-electron chi connectivity index (χ4n) is 7.43. The fourth-order valence-corrected chi connectivity index (χ4v) is 7.43. The molecular formula is C39H24. The van der Waals surface area contributed by atoms with Gasteiger partial charge in [-0.25, -0.2) is 0 Å². The maximum Gasteiger partial charge on any atom is 0.0725 e. The van der Waals surface area contributed by atoms with E-state index in [4.69, 9.17) is 0 Å². The highest BCUT2D eigenvalue weighted by Gasteiger charge is 2.52. The molecule has 0 atom stereocenters. The van der Waals surface area contributed by atoms with Crippen molar-refractivity contribution in [2.24, 2.45) is 0 Å². The normalized spacial score (nSPS) is 13.8. The maximum atomic E-state index is 2.46. The Bertz CT molecular complexity index is 2080. The quantitative estimate of drug-likeness (QED) is 0.225. The van der Waals surface area contributed by atoms with Crippen LogP contribution in [-0.4, -0.2) is 0 Å². The van der Waals surface area contributed by atoms with Gasteiger partial charge >= 0.3 is 0 Å². The molecule has 180 valence electrons. The van der Waals surface area contributed by atoms with Crippen LogP contribution in [-0.2, 0) is 5.41 Å². The Labute approximate surface area is 227 Å². The Hall–Kier alpha value is -4.94. The SMILES string of the molecule is c1cc(-c2ccc3c(c2)C2(c4ccccc4-3)c3cccc4cccc2c34)cc(-c2cccc3ccccc23)c1. The smallest absolute Gasteiger partial charge is 0.0619 e. The molecule has 2 aliphatic rings. The predicted molar refractivity (Wildman–Crippen MR) is 163 cm³/mol. The van der Waals surface area contributed by atoms with Crippen molar-refractivity contribution >= 4 is 21.5 Å². The average Bonchev–Trinajstić information content (AvgIpc) is 3.32. The van der Waals surface area contributed by atoms with E-state index < -0.39 is 0 Å². The summed E-state index contributed by atoms with van der Waals surface area (Å²) >= 11 is 0. The lowest BCUT2D eigenvalue weighted by Crippen LogP contribution is -2.36. The van der Waals surface area contributed by atoms with E-state index in [1.165, 1.54) is 77.2 Å². The Balaban J connectivity index is 1.26. The molecule has 0 heterocycles. The zero-order valence-electron chi connectivity index (χ0n) is 21.4. The third-order valence-corrected chi connectivity index (χ3v) is 9.05. The van der Waals surface area contributed by atoms with Crippen LogP contribution in [0.25, 0.3) is 54.9 Å². The summed E-state index contributed by atoms with van der Waals surface area (Å²) < 4.78 is 0. The second kappa shape index (κ2) is 7.56. The molecule has 0 aromatic heterocycles. The van der Waals surface area contributed by atoms with E-state index in [-0.39, 0.29) is 5.41 Å². The maximum absolute atomic E-state index is 2.46. The molecule has 0 unspecified atom stereocenters. The van der Waals surface area contributed by atoms with Crippen molar-refractivity contribution in [3.05, 3.63) is 168 Å². The van der Waals surface area contributed by atoms with E-state index in [0.29, 0.717) is 0 Å². The molecule has 0 radical (unpaired) electrons. The Morgan fingerprint density at radius 3 is 1.82 bits per heavy atom. The summed E-state index contributed by atoms with van der Waals surface area (Å²) in [7, 11) is 0. The molecule has 9 rings (SSSR count). The van der Waals surface area contributed by atoms with Crippen LogP contribution < -0.4 is 0 Å². The molecule has 0 nitrogen and oxygen atoms in total.